The van der Waals surface area contributed by atoms with Crippen molar-refractivity contribution in [2.24, 2.45) is 0 Å². The third kappa shape index (κ3) is 2.81. The molecular formula is C21H25N5. The Hall–Kier alpha value is -2.58. The van der Waals surface area contributed by atoms with Gasteiger partial charge in [0, 0.05) is 25.2 Å². The highest BCUT2D eigenvalue weighted by Gasteiger charge is 2.23. The first-order valence-electron chi connectivity index (χ1n) is 9.40. The third-order valence-electron chi connectivity index (χ3n) is 5.25. The van der Waals surface area contributed by atoms with E-state index in [1.807, 2.05) is 25.1 Å². The Bertz CT molecular complexity index is 987. The molecule has 5 heteroatoms. The summed E-state index contributed by atoms with van der Waals surface area (Å²) in [5, 5.41) is 13.3. The molecule has 1 saturated heterocycles. The predicted octanol–water partition coefficient (Wildman–Crippen LogP) is 3.63. The predicted molar refractivity (Wildman–Crippen MR) is 106 cm³/mol. The van der Waals surface area contributed by atoms with Crippen LogP contribution in [0.1, 0.15) is 37.8 Å². The number of piperidine rings is 1. The van der Waals surface area contributed by atoms with Crippen LogP contribution in [-0.4, -0.2) is 34.6 Å². The maximum Gasteiger partial charge on any atom is 0.157 e. The van der Waals surface area contributed by atoms with Gasteiger partial charge in [0.2, 0.25) is 0 Å². The van der Waals surface area contributed by atoms with Crippen molar-refractivity contribution in [3.05, 3.63) is 41.5 Å². The van der Waals surface area contributed by atoms with Crippen molar-refractivity contribution in [3.8, 4) is 6.07 Å². The van der Waals surface area contributed by atoms with Gasteiger partial charge < -0.3 is 10.2 Å². The maximum atomic E-state index is 9.64. The Balaban J connectivity index is 1.80. The molecule has 0 saturated carbocycles. The topological polar surface area (TPSA) is 56.4 Å². The number of para-hydroxylation sites is 2. The number of fused-ring (bicyclic) bond motifs is 3. The van der Waals surface area contributed by atoms with E-state index in [1.165, 1.54) is 0 Å². The molecule has 26 heavy (non-hydrogen) atoms. The van der Waals surface area contributed by atoms with Crippen molar-refractivity contribution < 1.29 is 0 Å². The van der Waals surface area contributed by atoms with E-state index < -0.39 is 0 Å². The van der Waals surface area contributed by atoms with Crippen LogP contribution >= 0.6 is 0 Å². The largest absolute Gasteiger partial charge is 0.358 e. The number of nitrogens with one attached hydrogen (secondary N) is 1. The number of aryl methyl sites for hydroxylation is 1. The summed E-state index contributed by atoms with van der Waals surface area (Å²) >= 11 is 0. The van der Waals surface area contributed by atoms with Gasteiger partial charge in [-0.2, -0.15) is 5.26 Å². The van der Waals surface area contributed by atoms with Crippen LogP contribution in [0.4, 0.5) is 5.82 Å². The summed E-state index contributed by atoms with van der Waals surface area (Å²) < 4.78 is 2.16. The molecule has 1 fully saturated rings. The Labute approximate surface area is 154 Å². The molecular weight excluding hydrogens is 322 g/mol. The van der Waals surface area contributed by atoms with Crippen LogP contribution in [-0.2, 0) is 0 Å². The van der Waals surface area contributed by atoms with Crippen LogP contribution in [0.15, 0.2) is 30.3 Å². The first-order valence-corrected chi connectivity index (χ1v) is 9.40. The Morgan fingerprint density at radius 1 is 1.23 bits per heavy atom. The molecule has 4 rings (SSSR count). The minimum Gasteiger partial charge on any atom is -0.358 e. The van der Waals surface area contributed by atoms with Crippen LogP contribution in [0.2, 0.25) is 0 Å². The fourth-order valence-corrected chi connectivity index (χ4v) is 4.05. The third-order valence-corrected chi connectivity index (χ3v) is 5.25. The molecule has 1 aromatic carbocycles. The van der Waals surface area contributed by atoms with Crippen molar-refractivity contribution in [2.75, 3.05) is 18.0 Å². The first-order chi connectivity index (χ1) is 12.6. The first kappa shape index (κ1) is 16.9. The summed E-state index contributed by atoms with van der Waals surface area (Å²) in [4.78, 5) is 7.20. The Kier molecular flexibility index (Phi) is 4.29. The number of nitrogens with zero attached hydrogens (tertiary/aromatic N) is 4. The molecule has 3 heterocycles. The van der Waals surface area contributed by atoms with E-state index in [-0.39, 0.29) is 0 Å². The normalized spacial score (nSPS) is 15.9. The number of benzene rings is 1. The van der Waals surface area contributed by atoms with Crippen LogP contribution in [0, 0.1) is 18.3 Å². The zero-order chi connectivity index (χ0) is 18.3. The minimum absolute atomic E-state index is 0.521. The highest BCUT2D eigenvalue weighted by atomic mass is 15.2. The van der Waals surface area contributed by atoms with E-state index in [4.69, 9.17) is 4.98 Å². The number of pyridine rings is 1. The molecule has 0 spiro atoms. The van der Waals surface area contributed by atoms with Crippen molar-refractivity contribution >= 4 is 22.5 Å². The zero-order valence-corrected chi connectivity index (χ0v) is 15.7. The van der Waals surface area contributed by atoms with Crippen molar-refractivity contribution in [2.45, 2.75) is 45.7 Å². The van der Waals surface area contributed by atoms with Crippen LogP contribution in [0.3, 0.4) is 0 Å². The quantitative estimate of drug-likeness (QED) is 0.786. The van der Waals surface area contributed by atoms with Gasteiger partial charge in [-0.25, -0.2) is 4.98 Å². The summed E-state index contributed by atoms with van der Waals surface area (Å²) in [5.41, 5.74) is 4.43. The van der Waals surface area contributed by atoms with E-state index in [0.717, 1.165) is 54.0 Å². The lowest BCUT2D eigenvalue weighted by Crippen LogP contribution is -2.45. The minimum atomic E-state index is 0.521. The molecule has 2 aromatic heterocycles. The van der Waals surface area contributed by atoms with E-state index >= 15 is 0 Å². The molecule has 1 aliphatic heterocycles. The Morgan fingerprint density at radius 3 is 2.65 bits per heavy atom. The molecule has 0 amide bonds. The van der Waals surface area contributed by atoms with E-state index in [2.05, 4.69) is 46.7 Å². The van der Waals surface area contributed by atoms with Gasteiger partial charge in [-0.05, 0) is 43.5 Å². The molecule has 5 nitrogen and oxygen atoms in total. The number of anilines is 1. The summed E-state index contributed by atoms with van der Waals surface area (Å²) in [6, 6.07) is 13.7. The van der Waals surface area contributed by atoms with Gasteiger partial charge in [-0.15, -0.1) is 0 Å². The second-order valence-electron chi connectivity index (χ2n) is 7.51. The number of imidazole rings is 1. The van der Waals surface area contributed by atoms with Gasteiger partial charge in [0.05, 0.1) is 16.6 Å². The lowest BCUT2D eigenvalue weighted by molar-refractivity contribution is 0.386. The monoisotopic (exact) mass is 347 g/mol. The van der Waals surface area contributed by atoms with Crippen LogP contribution in [0.25, 0.3) is 16.7 Å². The van der Waals surface area contributed by atoms with Gasteiger partial charge in [0.15, 0.2) is 5.65 Å². The fraction of sp³-hybridized carbons (Fsp3) is 0.429. The van der Waals surface area contributed by atoms with E-state index in [9.17, 15) is 5.26 Å². The highest BCUT2D eigenvalue weighted by Crippen LogP contribution is 2.30. The molecule has 0 bridgehead atoms. The van der Waals surface area contributed by atoms with Gasteiger partial charge >= 0.3 is 0 Å². The molecule has 1 aliphatic rings. The number of hydrogen-bond acceptors (Lipinski definition) is 4. The van der Waals surface area contributed by atoms with Gasteiger partial charge in [0.1, 0.15) is 11.9 Å². The lowest BCUT2D eigenvalue weighted by Gasteiger charge is -2.35. The smallest absolute Gasteiger partial charge is 0.157 e. The number of nitriles is 1. The maximum absolute atomic E-state index is 9.64. The molecule has 0 unspecified atom stereocenters. The Morgan fingerprint density at radius 2 is 1.96 bits per heavy atom. The van der Waals surface area contributed by atoms with Gasteiger partial charge in [-0.3, -0.25) is 4.40 Å². The summed E-state index contributed by atoms with van der Waals surface area (Å²) in [6.45, 7) is 8.44. The summed E-state index contributed by atoms with van der Waals surface area (Å²) in [6.07, 6.45) is 2.26. The molecule has 134 valence electrons. The second kappa shape index (κ2) is 6.62. The summed E-state index contributed by atoms with van der Waals surface area (Å²) in [7, 11) is 0. The molecule has 3 aromatic rings. The lowest BCUT2D eigenvalue weighted by atomic mass is 10.0. The van der Waals surface area contributed by atoms with Crippen LogP contribution < -0.4 is 10.2 Å². The fourth-order valence-electron chi connectivity index (χ4n) is 4.05. The molecule has 0 aliphatic carbocycles. The highest BCUT2D eigenvalue weighted by molar-refractivity contribution is 5.85. The number of hydrogen-bond donors (Lipinski definition) is 1. The van der Waals surface area contributed by atoms with Crippen molar-refractivity contribution in [3.63, 3.8) is 0 Å². The van der Waals surface area contributed by atoms with Crippen LogP contribution in [0.5, 0.6) is 0 Å². The average Bonchev–Trinajstić information content (AvgIpc) is 3.00. The van der Waals surface area contributed by atoms with Gasteiger partial charge in [-0.1, -0.05) is 26.0 Å². The van der Waals surface area contributed by atoms with Crippen molar-refractivity contribution in [1.82, 2.24) is 14.7 Å². The van der Waals surface area contributed by atoms with Crippen molar-refractivity contribution in [1.29, 1.82) is 5.26 Å². The second-order valence-corrected chi connectivity index (χ2v) is 7.51. The standard InChI is InChI=1S/C21H25N5/c1-14(2)23-16-8-10-25(11-9-16)20-12-15(3)17(13-22)21-24-18-6-4-5-7-19(18)26(20)21/h4-7,12,14,16,23H,8-11H2,1-3H3. The molecule has 1 N–H and O–H groups in total. The molecule has 0 radical (unpaired) electrons. The number of aromatic nitrogens is 2. The SMILES string of the molecule is Cc1cc(N2CCC(NC(C)C)CC2)n2c(nc3ccccc32)c1C#N. The summed E-state index contributed by atoms with van der Waals surface area (Å²) in [5.74, 6) is 1.15. The van der Waals surface area contributed by atoms with E-state index in [1.54, 1.807) is 0 Å². The molecule has 0 atom stereocenters. The number of rotatable bonds is 3. The van der Waals surface area contributed by atoms with Gasteiger partial charge in [0.25, 0.3) is 0 Å². The zero-order valence-electron chi connectivity index (χ0n) is 15.7. The van der Waals surface area contributed by atoms with E-state index in [0.29, 0.717) is 17.6 Å². The average molecular weight is 347 g/mol.